The molecular formula is C20H29FN2O2. The van der Waals surface area contributed by atoms with E-state index in [9.17, 15) is 9.18 Å². The summed E-state index contributed by atoms with van der Waals surface area (Å²) in [4.78, 5) is 14.8. The Morgan fingerprint density at radius 2 is 1.88 bits per heavy atom. The Morgan fingerprint density at radius 1 is 1.20 bits per heavy atom. The minimum absolute atomic E-state index is 0.109. The first-order chi connectivity index (χ1) is 12.1. The fourth-order valence-electron chi connectivity index (χ4n) is 3.81. The van der Waals surface area contributed by atoms with Gasteiger partial charge in [0.25, 0.3) is 0 Å². The Morgan fingerprint density at radius 3 is 2.56 bits per heavy atom. The first kappa shape index (κ1) is 18.3. The number of carbonyl (C=O) groups excluding carboxylic acids is 1. The molecule has 2 fully saturated rings. The third-order valence-electron chi connectivity index (χ3n) is 5.47. The van der Waals surface area contributed by atoms with E-state index in [2.05, 4.69) is 10.2 Å². The lowest BCUT2D eigenvalue weighted by molar-refractivity contribution is -0.130. The van der Waals surface area contributed by atoms with Gasteiger partial charge in [0, 0.05) is 19.1 Å². The van der Waals surface area contributed by atoms with E-state index in [1.54, 1.807) is 12.1 Å². The number of carbonyl (C=O) groups is 1. The molecule has 0 aromatic heterocycles. The average molecular weight is 348 g/mol. The maximum Gasteiger partial charge on any atom is 0.237 e. The Bertz CT molecular complexity index is 555. The van der Waals surface area contributed by atoms with E-state index in [4.69, 9.17) is 4.74 Å². The average Bonchev–Trinajstić information content (AvgIpc) is 2.90. The molecule has 1 amide bonds. The summed E-state index contributed by atoms with van der Waals surface area (Å²) in [5, 5.41) is 3.25. The number of nitrogens with one attached hydrogen (secondary N) is 1. The molecule has 1 aliphatic heterocycles. The zero-order chi connectivity index (χ0) is 17.6. The van der Waals surface area contributed by atoms with Gasteiger partial charge in [-0.2, -0.15) is 0 Å². The van der Waals surface area contributed by atoms with Gasteiger partial charge in [-0.3, -0.25) is 9.69 Å². The van der Waals surface area contributed by atoms with Gasteiger partial charge in [-0.25, -0.2) is 4.39 Å². The van der Waals surface area contributed by atoms with Gasteiger partial charge in [-0.1, -0.05) is 37.8 Å². The molecule has 1 saturated carbocycles. The SMILES string of the molecule is C[C@@H](C(=O)NC1CCCCCC1)N1CCO[C@H](c2ccc(F)cc2)C1. The zero-order valence-corrected chi connectivity index (χ0v) is 15.0. The maximum absolute atomic E-state index is 13.1. The van der Waals surface area contributed by atoms with Crippen LogP contribution < -0.4 is 5.32 Å². The van der Waals surface area contributed by atoms with Gasteiger partial charge in [0.05, 0.1) is 18.8 Å². The highest BCUT2D eigenvalue weighted by Crippen LogP contribution is 2.24. The Kier molecular flexibility index (Phi) is 6.43. The molecule has 1 aliphatic carbocycles. The van der Waals surface area contributed by atoms with Crippen LogP contribution in [0.25, 0.3) is 0 Å². The van der Waals surface area contributed by atoms with Crippen LogP contribution in [0.1, 0.15) is 57.1 Å². The fourth-order valence-corrected chi connectivity index (χ4v) is 3.81. The number of halogens is 1. The summed E-state index contributed by atoms with van der Waals surface area (Å²) in [5.41, 5.74) is 0.961. The molecule has 0 bridgehead atoms. The molecule has 4 nitrogen and oxygen atoms in total. The van der Waals surface area contributed by atoms with Crippen molar-refractivity contribution in [3.05, 3.63) is 35.6 Å². The first-order valence-electron chi connectivity index (χ1n) is 9.55. The second-order valence-corrected chi connectivity index (χ2v) is 7.28. The topological polar surface area (TPSA) is 41.6 Å². The van der Waals surface area contributed by atoms with Crippen molar-refractivity contribution in [2.45, 2.75) is 63.6 Å². The van der Waals surface area contributed by atoms with E-state index in [-0.39, 0.29) is 23.9 Å². The summed E-state index contributed by atoms with van der Waals surface area (Å²) in [6, 6.07) is 6.60. The quantitative estimate of drug-likeness (QED) is 0.848. The lowest BCUT2D eigenvalue weighted by atomic mass is 10.1. The molecule has 0 unspecified atom stereocenters. The summed E-state index contributed by atoms with van der Waals surface area (Å²) >= 11 is 0. The van der Waals surface area contributed by atoms with Gasteiger partial charge in [0.15, 0.2) is 0 Å². The van der Waals surface area contributed by atoms with Crippen molar-refractivity contribution in [2.75, 3.05) is 19.7 Å². The molecule has 138 valence electrons. The monoisotopic (exact) mass is 348 g/mol. The number of benzene rings is 1. The Hall–Kier alpha value is -1.46. The molecule has 25 heavy (non-hydrogen) atoms. The fraction of sp³-hybridized carbons (Fsp3) is 0.650. The van der Waals surface area contributed by atoms with Crippen molar-refractivity contribution in [3.63, 3.8) is 0 Å². The normalized spacial score (nSPS) is 24.5. The molecule has 0 radical (unpaired) electrons. The summed E-state index contributed by atoms with van der Waals surface area (Å²) in [5.74, 6) is -0.126. The van der Waals surface area contributed by atoms with E-state index in [0.717, 1.165) is 24.9 Å². The van der Waals surface area contributed by atoms with Crippen molar-refractivity contribution in [1.29, 1.82) is 0 Å². The summed E-state index contributed by atoms with van der Waals surface area (Å²) in [6.45, 7) is 3.96. The number of ether oxygens (including phenoxy) is 1. The van der Waals surface area contributed by atoms with Crippen molar-refractivity contribution in [1.82, 2.24) is 10.2 Å². The molecule has 1 aromatic rings. The van der Waals surface area contributed by atoms with Crippen molar-refractivity contribution in [2.24, 2.45) is 0 Å². The van der Waals surface area contributed by atoms with E-state index in [1.807, 2.05) is 6.92 Å². The standard InChI is InChI=1S/C20H29FN2O2/c1-15(20(24)22-18-6-4-2-3-5-7-18)23-12-13-25-19(14-23)16-8-10-17(21)11-9-16/h8-11,15,18-19H,2-7,12-14H2,1H3,(H,22,24)/t15-,19-/m0/s1. The van der Waals surface area contributed by atoms with E-state index in [1.165, 1.54) is 37.8 Å². The van der Waals surface area contributed by atoms with Gasteiger partial charge < -0.3 is 10.1 Å². The third kappa shape index (κ3) is 5.02. The molecule has 1 saturated heterocycles. The largest absolute Gasteiger partial charge is 0.371 e. The summed E-state index contributed by atoms with van der Waals surface area (Å²) in [7, 11) is 0. The van der Waals surface area contributed by atoms with Crippen LogP contribution in [0, 0.1) is 5.82 Å². The molecule has 2 atom stereocenters. The minimum atomic E-state index is -0.243. The Balaban J connectivity index is 1.56. The van der Waals surface area contributed by atoms with Crippen LogP contribution >= 0.6 is 0 Å². The predicted molar refractivity (Wildman–Crippen MR) is 95.8 cm³/mol. The smallest absolute Gasteiger partial charge is 0.237 e. The lowest BCUT2D eigenvalue weighted by Crippen LogP contribution is -2.52. The van der Waals surface area contributed by atoms with Crippen LogP contribution in [0.5, 0.6) is 0 Å². The minimum Gasteiger partial charge on any atom is -0.371 e. The van der Waals surface area contributed by atoms with E-state index in [0.29, 0.717) is 19.2 Å². The lowest BCUT2D eigenvalue weighted by Gasteiger charge is -2.36. The number of nitrogens with zero attached hydrogens (tertiary/aromatic N) is 1. The van der Waals surface area contributed by atoms with E-state index >= 15 is 0 Å². The zero-order valence-electron chi connectivity index (χ0n) is 15.0. The first-order valence-corrected chi connectivity index (χ1v) is 9.55. The number of hydrogen-bond donors (Lipinski definition) is 1. The molecule has 3 rings (SSSR count). The van der Waals surface area contributed by atoms with Gasteiger partial charge in [-0.05, 0) is 37.5 Å². The van der Waals surface area contributed by atoms with Crippen molar-refractivity contribution >= 4 is 5.91 Å². The van der Waals surface area contributed by atoms with Crippen LogP contribution in [-0.4, -0.2) is 42.6 Å². The second-order valence-electron chi connectivity index (χ2n) is 7.28. The predicted octanol–water partition coefficient (Wildman–Crippen LogP) is 3.43. The molecule has 1 heterocycles. The highest BCUT2D eigenvalue weighted by molar-refractivity contribution is 5.81. The molecule has 2 aliphatic rings. The molecule has 1 aromatic carbocycles. The van der Waals surface area contributed by atoms with Gasteiger partial charge in [0.1, 0.15) is 5.82 Å². The van der Waals surface area contributed by atoms with Crippen LogP contribution in [0.4, 0.5) is 4.39 Å². The van der Waals surface area contributed by atoms with E-state index < -0.39 is 0 Å². The second kappa shape index (κ2) is 8.77. The van der Waals surface area contributed by atoms with Gasteiger partial charge in [0.2, 0.25) is 5.91 Å². The molecule has 0 spiro atoms. The highest BCUT2D eigenvalue weighted by Gasteiger charge is 2.29. The van der Waals surface area contributed by atoms with Crippen LogP contribution in [0.2, 0.25) is 0 Å². The number of amides is 1. The molecule has 5 heteroatoms. The summed E-state index contributed by atoms with van der Waals surface area (Å²) in [6.07, 6.45) is 7.07. The summed E-state index contributed by atoms with van der Waals surface area (Å²) < 4.78 is 18.9. The van der Waals surface area contributed by atoms with Crippen LogP contribution in [-0.2, 0) is 9.53 Å². The Labute approximate surface area is 149 Å². The van der Waals surface area contributed by atoms with Crippen molar-refractivity contribution in [3.8, 4) is 0 Å². The van der Waals surface area contributed by atoms with Crippen LogP contribution in [0.3, 0.4) is 0 Å². The van der Waals surface area contributed by atoms with Gasteiger partial charge >= 0.3 is 0 Å². The molecule has 1 N–H and O–H groups in total. The van der Waals surface area contributed by atoms with Crippen LogP contribution in [0.15, 0.2) is 24.3 Å². The number of hydrogen-bond acceptors (Lipinski definition) is 3. The molecular weight excluding hydrogens is 319 g/mol. The van der Waals surface area contributed by atoms with Crippen molar-refractivity contribution < 1.29 is 13.9 Å². The highest BCUT2D eigenvalue weighted by atomic mass is 19.1. The maximum atomic E-state index is 13.1. The van der Waals surface area contributed by atoms with Gasteiger partial charge in [-0.15, -0.1) is 0 Å². The number of rotatable bonds is 4. The third-order valence-corrected chi connectivity index (χ3v) is 5.47. The number of morpholine rings is 1.